The topological polar surface area (TPSA) is 52.0 Å². The molecule has 0 aliphatic rings. The Hall–Kier alpha value is -3.56. The highest BCUT2D eigenvalue weighted by atomic mass is 33.1. The number of pyridine rings is 1. The zero-order valence-electron chi connectivity index (χ0n) is 29.4. The lowest BCUT2D eigenvalue weighted by atomic mass is 10.1. The predicted octanol–water partition coefficient (Wildman–Crippen LogP) is 7.60. The third-order valence-electron chi connectivity index (χ3n) is 7.75. The van der Waals surface area contributed by atoms with Crippen molar-refractivity contribution in [2.45, 2.75) is 19.4 Å². The zero-order chi connectivity index (χ0) is 34.4. The second-order valence-corrected chi connectivity index (χ2v) is 14.6. The number of aliphatic imine (C=N–C) groups is 1. The fourth-order valence-corrected chi connectivity index (χ4v) is 6.62. The molecular weight excluding hydrogens is 629 g/mol. The largest absolute Gasteiger partial charge is 0.375 e. The second-order valence-electron chi connectivity index (χ2n) is 11.9. The summed E-state index contributed by atoms with van der Waals surface area (Å²) in [6.07, 6.45) is 20.8. The highest BCUT2D eigenvalue weighted by molar-refractivity contribution is 8.76. The molecule has 0 atom stereocenters. The average Bonchev–Trinajstić information content (AvgIpc) is 3.11. The molecule has 2 aromatic carbocycles. The van der Waals surface area contributed by atoms with E-state index < -0.39 is 0 Å². The zero-order valence-corrected chi connectivity index (χ0v) is 31.0. The highest BCUT2D eigenvalue weighted by Crippen LogP contribution is 2.20. The van der Waals surface area contributed by atoms with Crippen LogP contribution in [0.2, 0.25) is 0 Å². The molecule has 0 saturated carbocycles. The number of aromatic nitrogens is 1. The van der Waals surface area contributed by atoms with Crippen molar-refractivity contribution in [2.75, 3.05) is 82.2 Å². The van der Waals surface area contributed by atoms with E-state index in [2.05, 4.69) is 156 Å². The van der Waals surface area contributed by atoms with Crippen LogP contribution >= 0.6 is 21.6 Å². The van der Waals surface area contributed by atoms with E-state index in [1.807, 2.05) is 40.0 Å². The van der Waals surface area contributed by atoms with Crippen molar-refractivity contribution in [2.24, 2.45) is 10.7 Å². The Labute approximate surface area is 298 Å². The van der Waals surface area contributed by atoms with E-state index in [-0.39, 0.29) is 0 Å². The molecule has 256 valence electrons. The first-order chi connectivity index (χ1) is 23.4. The van der Waals surface area contributed by atoms with E-state index in [9.17, 15) is 0 Å². The number of aryl methyl sites for hydroxylation is 1. The van der Waals surface area contributed by atoms with Gasteiger partial charge in [-0.3, -0.25) is 4.99 Å². The van der Waals surface area contributed by atoms with Gasteiger partial charge in [0.1, 0.15) is 0 Å². The molecule has 0 unspecified atom stereocenters. The molecule has 1 heterocycles. The maximum absolute atomic E-state index is 5.63. The summed E-state index contributed by atoms with van der Waals surface area (Å²) >= 11 is 0. The number of benzene rings is 2. The van der Waals surface area contributed by atoms with Gasteiger partial charge >= 0.3 is 0 Å². The van der Waals surface area contributed by atoms with Gasteiger partial charge in [0.15, 0.2) is 18.9 Å². The van der Waals surface area contributed by atoms with E-state index in [1.165, 1.54) is 28.1 Å². The van der Waals surface area contributed by atoms with Gasteiger partial charge in [-0.25, -0.2) is 4.57 Å². The Kier molecular flexibility index (Phi) is 18.6. The average molecular weight is 684 g/mol. The van der Waals surface area contributed by atoms with Crippen LogP contribution < -0.4 is 20.1 Å². The second kappa shape index (κ2) is 22.9. The molecule has 0 spiro atoms. The van der Waals surface area contributed by atoms with E-state index in [1.54, 1.807) is 0 Å². The summed E-state index contributed by atoms with van der Waals surface area (Å²) < 4.78 is 2.24. The molecule has 3 aromatic rings. The van der Waals surface area contributed by atoms with Crippen molar-refractivity contribution in [3.05, 3.63) is 120 Å². The van der Waals surface area contributed by atoms with E-state index in [0.717, 1.165) is 69.2 Å². The Balaban J connectivity index is 1.30. The van der Waals surface area contributed by atoms with Gasteiger partial charge in [0.25, 0.3) is 0 Å². The van der Waals surface area contributed by atoms with E-state index in [0.29, 0.717) is 0 Å². The summed E-state index contributed by atoms with van der Waals surface area (Å²) in [6, 6.07) is 21.7. The number of rotatable bonds is 22. The van der Waals surface area contributed by atoms with Crippen LogP contribution in [0.1, 0.15) is 29.5 Å². The van der Waals surface area contributed by atoms with Crippen LogP contribution in [0, 0.1) is 0 Å². The minimum Gasteiger partial charge on any atom is -0.375 e. The third-order valence-corrected chi connectivity index (χ3v) is 10.1. The summed E-state index contributed by atoms with van der Waals surface area (Å²) in [5, 5.41) is 0. The van der Waals surface area contributed by atoms with E-state index in [4.69, 9.17) is 5.73 Å². The maximum atomic E-state index is 5.63. The molecule has 0 fully saturated rings. The summed E-state index contributed by atoms with van der Waals surface area (Å²) in [5.74, 6) is 2.04. The van der Waals surface area contributed by atoms with Gasteiger partial charge in [-0.15, -0.1) is 0 Å². The van der Waals surface area contributed by atoms with Crippen LogP contribution in [0.5, 0.6) is 0 Å². The molecule has 3 rings (SSSR count). The third kappa shape index (κ3) is 15.6. The van der Waals surface area contributed by atoms with Crippen LogP contribution in [0.25, 0.3) is 18.2 Å². The predicted molar refractivity (Wildman–Crippen MR) is 217 cm³/mol. The minimum absolute atomic E-state index is 0.721. The molecule has 0 aliphatic carbocycles. The SMILES string of the molecule is C=CC(/C=C/c1ccc(N(C)CCCN(C)C)cc1)=C\C=NCCSSCC[n+]1ccc(/C=C/c2ccc(N(C)CCCN)cc2)cc1. The molecule has 2 N–H and O–H groups in total. The Bertz CT molecular complexity index is 1440. The first-order valence-corrected chi connectivity index (χ1v) is 19.3. The summed E-state index contributed by atoms with van der Waals surface area (Å²) in [6.45, 7) is 9.59. The van der Waals surface area contributed by atoms with Crippen molar-refractivity contribution in [1.29, 1.82) is 0 Å². The highest BCUT2D eigenvalue weighted by Gasteiger charge is 2.03. The fraction of sp³-hybridized carbons (Fsp3) is 0.350. The fourth-order valence-electron chi connectivity index (χ4n) is 4.76. The van der Waals surface area contributed by atoms with Gasteiger partial charge in [0.2, 0.25) is 0 Å². The minimum atomic E-state index is 0.721. The first kappa shape index (κ1) is 38.9. The van der Waals surface area contributed by atoms with Gasteiger partial charge in [-0.05, 0) is 92.6 Å². The molecule has 0 saturated heterocycles. The smallest absolute Gasteiger partial charge is 0.169 e. The summed E-state index contributed by atoms with van der Waals surface area (Å²) in [7, 11) is 12.3. The quantitative estimate of drug-likeness (QED) is 0.0387. The van der Waals surface area contributed by atoms with Crippen LogP contribution in [-0.4, -0.2) is 83.5 Å². The molecular formula is C40H55N6S2+. The van der Waals surface area contributed by atoms with Crippen molar-refractivity contribution >= 4 is 57.4 Å². The van der Waals surface area contributed by atoms with Crippen molar-refractivity contribution in [1.82, 2.24) is 4.90 Å². The van der Waals surface area contributed by atoms with Gasteiger partial charge in [0, 0.05) is 69.2 Å². The molecule has 0 radical (unpaired) electrons. The Morgan fingerprint density at radius 3 is 1.90 bits per heavy atom. The van der Waals surface area contributed by atoms with Crippen LogP contribution in [-0.2, 0) is 6.54 Å². The normalized spacial score (nSPS) is 12.2. The summed E-state index contributed by atoms with van der Waals surface area (Å²) in [4.78, 5) is 11.3. The van der Waals surface area contributed by atoms with Crippen molar-refractivity contribution < 1.29 is 4.57 Å². The van der Waals surface area contributed by atoms with Crippen LogP contribution in [0.15, 0.2) is 108 Å². The molecule has 48 heavy (non-hydrogen) atoms. The lowest BCUT2D eigenvalue weighted by molar-refractivity contribution is -0.692. The van der Waals surface area contributed by atoms with Gasteiger partial charge < -0.3 is 20.4 Å². The maximum Gasteiger partial charge on any atom is 0.169 e. The molecule has 6 nitrogen and oxygen atoms in total. The molecule has 0 aliphatic heterocycles. The Morgan fingerprint density at radius 1 is 0.750 bits per heavy atom. The number of hydrogen-bond donors (Lipinski definition) is 1. The number of nitrogens with zero attached hydrogens (tertiary/aromatic N) is 5. The van der Waals surface area contributed by atoms with Gasteiger partial charge in [-0.2, -0.15) is 0 Å². The van der Waals surface area contributed by atoms with Crippen LogP contribution in [0.4, 0.5) is 11.4 Å². The number of hydrogen-bond acceptors (Lipinski definition) is 7. The lowest BCUT2D eigenvalue weighted by Gasteiger charge is -2.20. The number of allylic oxidation sites excluding steroid dienone is 4. The monoisotopic (exact) mass is 683 g/mol. The lowest BCUT2D eigenvalue weighted by Crippen LogP contribution is -2.33. The number of anilines is 2. The van der Waals surface area contributed by atoms with Crippen molar-refractivity contribution in [3.63, 3.8) is 0 Å². The standard InChI is InChI=1S/C40H55N6S2/c1-6-35(9-10-36-13-19-40(20-14-36)45(5)29-8-27-43(2)3)21-25-42-26-33-47-48-34-32-46-30-22-38(23-31-46)12-11-37-15-17-39(18-16-37)44(4)28-7-24-41/h6,9-23,25,30-31H,1,7-8,24,26-29,32-34,41H2,2-5H3/q+1/b10-9+,35-21+,42-25?. The first-order valence-electron chi connectivity index (χ1n) is 16.8. The molecule has 1 aromatic heterocycles. The van der Waals surface area contributed by atoms with Gasteiger partial charge in [0.05, 0.1) is 5.75 Å². The number of nitrogens with two attached hydrogens (primary N) is 1. The van der Waals surface area contributed by atoms with Crippen molar-refractivity contribution in [3.8, 4) is 0 Å². The Morgan fingerprint density at radius 2 is 1.31 bits per heavy atom. The van der Waals surface area contributed by atoms with Gasteiger partial charge in [-0.1, -0.05) is 82.8 Å². The molecule has 0 amide bonds. The van der Waals surface area contributed by atoms with Crippen LogP contribution in [0.3, 0.4) is 0 Å². The van der Waals surface area contributed by atoms with E-state index >= 15 is 0 Å². The molecule has 0 bridgehead atoms. The summed E-state index contributed by atoms with van der Waals surface area (Å²) in [5.41, 5.74) is 12.7. The molecule has 8 heteroatoms.